The monoisotopic (exact) mass is 901 g/mol. The number of nitrogens with zero attached hydrogens (tertiary/aromatic N) is 4. The Labute approximate surface area is 372 Å². The molecule has 1 unspecified atom stereocenters. The van der Waals surface area contributed by atoms with Crippen molar-refractivity contribution in [2.24, 2.45) is 0 Å². The van der Waals surface area contributed by atoms with Crippen LogP contribution in [-0.2, 0) is 28.5 Å². The molecule has 5 aromatic rings. The van der Waals surface area contributed by atoms with Crippen molar-refractivity contribution in [2.45, 2.75) is 115 Å². The van der Waals surface area contributed by atoms with Gasteiger partial charge in [-0.1, -0.05) is 75.4 Å². The zero-order valence-corrected chi connectivity index (χ0v) is 40.0. The van der Waals surface area contributed by atoms with Gasteiger partial charge in [0.25, 0.3) is 14.1 Å². The number of ether oxygens (including phenoxy) is 4. The van der Waals surface area contributed by atoms with Gasteiger partial charge in [0.15, 0.2) is 26.0 Å². The number of hydrogen-bond acceptors (Lipinski definition) is 11. The van der Waals surface area contributed by atoms with Crippen LogP contribution in [0.25, 0.3) is 11.0 Å². The molecule has 1 fully saturated rings. The third-order valence-corrected chi connectivity index (χ3v) is 18.5. The normalized spacial score (nSPS) is 19.0. The average molecular weight is 902 g/mol. The zero-order chi connectivity index (χ0) is 45.7. The lowest BCUT2D eigenvalue weighted by atomic mass is 9.80. The summed E-state index contributed by atoms with van der Waals surface area (Å²) in [6.45, 7) is 19.0. The molecule has 5 atom stereocenters. The van der Waals surface area contributed by atoms with E-state index < -0.39 is 58.4 Å². The number of aromatic amines is 1. The second-order valence-corrected chi connectivity index (χ2v) is 23.8. The van der Waals surface area contributed by atoms with Crippen LogP contribution in [0.4, 0.5) is 4.39 Å². The van der Waals surface area contributed by atoms with Gasteiger partial charge in [0.1, 0.15) is 40.8 Å². The van der Waals surface area contributed by atoms with Crippen molar-refractivity contribution < 1.29 is 36.8 Å². The molecule has 338 valence electrons. The summed E-state index contributed by atoms with van der Waals surface area (Å²) in [7, 11) is -1.29. The van der Waals surface area contributed by atoms with Crippen molar-refractivity contribution in [3.8, 4) is 17.6 Å². The van der Waals surface area contributed by atoms with E-state index in [1.54, 1.807) is 14.2 Å². The van der Waals surface area contributed by atoms with Gasteiger partial charge in [-0.25, -0.2) is 14.0 Å². The predicted octanol–water partition coefficient (Wildman–Crippen LogP) is 9.84. The number of hydrogen-bond donors (Lipinski definition) is 1. The van der Waals surface area contributed by atoms with Crippen LogP contribution in [0, 0.1) is 17.1 Å². The highest BCUT2D eigenvalue weighted by Crippen LogP contribution is 2.53. The van der Waals surface area contributed by atoms with Gasteiger partial charge in [0.05, 0.1) is 46.3 Å². The van der Waals surface area contributed by atoms with Crippen LogP contribution in [0.5, 0.6) is 11.5 Å². The van der Waals surface area contributed by atoms with Crippen LogP contribution in [0.1, 0.15) is 77.8 Å². The number of nitriles is 1. The van der Waals surface area contributed by atoms with E-state index in [2.05, 4.69) is 82.3 Å². The van der Waals surface area contributed by atoms with Crippen LogP contribution >= 0.6 is 8.53 Å². The van der Waals surface area contributed by atoms with Crippen molar-refractivity contribution in [3.63, 3.8) is 0 Å². The van der Waals surface area contributed by atoms with E-state index in [4.69, 9.17) is 32.4 Å². The summed E-state index contributed by atoms with van der Waals surface area (Å²) in [6, 6.07) is 27.6. The lowest BCUT2D eigenvalue weighted by molar-refractivity contribution is -0.0926. The van der Waals surface area contributed by atoms with Gasteiger partial charge in [-0.3, -0.25) is 4.79 Å². The first-order valence-electron chi connectivity index (χ1n) is 21.3. The van der Waals surface area contributed by atoms with Gasteiger partial charge < -0.3 is 42.0 Å². The molecule has 0 saturated carbocycles. The highest BCUT2D eigenvalue weighted by molar-refractivity contribution is 7.44. The highest BCUT2D eigenvalue weighted by Gasteiger charge is 2.54. The molecule has 0 spiro atoms. The first-order valence-corrected chi connectivity index (χ1v) is 25.3. The van der Waals surface area contributed by atoms with Crippen LogP contribution in [-0.4, -0.2) is 85.4 Å². The van der Waals surface area contributed by atoms with Gasteiger partial charge in [-0.2, -0.15) is 5.26 Å². The number of rotatable bonds is 19. The van der Waals surface area contributed by atoms with E-state index in [1.807, 2.05) is 78.9 Å². The number of methoxy groups -OCH3 is 2. The summed E-state index contributed by atoms with van der Waals surface area (Å²) >= 11 is 0. The number of halogens is 1. The molecule has 16 heteroatoms. The minimum Gasteiger partial charge on any atom is -0.497 e. The molecule has 63 heavy (non-hydrogen) atoms. The summed E-state index contributed by atoms with van der Waals surface area (Å²) in [5.74, 6) is 0.612. The molecule has 6 rings (SSSR count). The molecule has 3 heterocycles. The van der Waals surface area contributed by atoms with E-state index >= 15 is 4.39 Å². The van der Waals surface area contributed by atoms with Gasteiger partial charge >= 0.3 is 0 Å². The molecule has 0 amide bonds. The van der Waals surface area contributed by atoms with E-state index in [9.17, 15) is 10.1 Å². The highest BCUT2D eigenvalue weighted by atomic mass is 31.2. The molecular formula is C47H61FN5O8PSi. The Morgan fingerprint density at radius 1 is 0.921 bits per heavy atom. The minimum absolute atomic E-state index is 0.0138. The smallest absolute Gasteiger partial charge is 0.263 e. The molecule has 1 N–H and O–H groups in total. The molecule has 0 bridgehead atoms. The van der Waals surface area contributed by atoms with Crippen molar-refractivity contribution >= 4 is 27.9 Å². The van der Waals surface area contributed by atoms with E-state index in [0.29, 0.717) is 11.5 Å². The third kappa shape index (κ3) is 10.1. The summed E-state index contributed by atoms with van der Waals surface area (Å²) in [4.78, 5) is 20.0. The zero-order valence-electron chi connectivity index (χ0n) is 38.1. The van der Waals surface area contributed by atoms with Crippen LogP contribution in [0.15, 0.2) is 96.2 Å². The number of aromatic nitrogens is 3. The second-order valence-electron chi connectivity index (χ2n) is 17.7. The first-order chi connectivity index (χ1) is 30.0. The molecule has 3 aromatic carbocycles. The molecule has 0 radical (unpaired) electrons. The standard InChI is InChI=1S/C47H61FN5O8PSi/c1-31(2)53(32(3)4)62(58-27-15-26-49)60-41-39(59-45(42(41)61-63(10,11)46(5,6)7)52-28-38(48)40-43(52)50-30-51-44(40)54)29-57-47(33-16-13-12-14-17-33,34-18-22-36(55-8)23-19-34)35-20-24-37(56-9)25-21-35/h12-14,16-25,28,30-32,39,41-42,45H,15,27,29H2,1-11H3,(H,50,51,54)/t39-,41-,42-,45-,62?/m1/s1. The maximum absolute atomic E-state index is 15.9. The number of fused-ring (bicyclic) bond motifs is 1. The Bertz CT molecular complexity index is 2310. The fourth-order valence-electron chi connectivity index (χ4n) is 7.76. The summed E-state index contributed by atoms with van der Waals surface area (Å²) < 4.78 is 66.5. The van der Waals surface area contributed by atoms with Crippen LogP contribution in [0.2, 0.25) is 18.1 Å². The molecule has 13 nitrogen and oxygen atoms in total. The largest absolute Gasteiger partial charge is 0.497 e. The maximum atomic E-state index is 15.9. The molecular weight excluding hydrogens is 841 g/mol. The number of H-pyrrole nitrogens is 1. The Hall–Kier alpha value is -4.49. The second kappa shape index (κ2) is 20.1. The van der Waals surface area contributed by atoms with Crippen molar-refractivity contribution in [2.75, 3.05) is 27.4 Å². The Morgan fingerprint density at radius 3 is 2.02 bits per heavy atom. The molecule has 0 aliphatic carbocycles. The fourth-order valence-corrected chi connectivity index (χ4v) is 10.8. The SMILES string of the molecule is COc1ccc(C(OC[C@H]2O[C@@H](n3cc(F)c4c(=O)[nH]cnc43)[C@H](O[Si](C)(C)C(C)(C)C)[C@@H]2OP(OCCC#N)N(C(C)C)C(C)C)(c2ccccc2)c2ccc(OC)cc2)cc1. The van der Waals surface area contributed by atoms with E-state index in [1.165, 1.54) is 17.1 Å². The van der Waals surface area contributed by atoms with Crippen LogP contribution in [0.3, 0.4) is 0 Å². The molecule has 1 saturated heterocycles. The minimum atomic E-state index is -2.69. The summed E-state index contributed by atoms with van der Waals surface area (Å²) in [6.07, 6.45) is -1.03. The number of benzene rings is 3. The third-order valence-electron chi connectivity index (χ3n) is 11.9. The predicted molar refractivity (Wildman–Crippen MR) is 245 cm³/mol. The topological polar surface area (TPSA) is 142 Å². The van der Waals surface area contributed by atoms with Gasteiger partial charge in [-0.15, -0.1) is 0 Å². The lowest BCUT2D eigenvalue weighted by Crippen LogP contribution is -2.50. The number of nitrogens with one attached hydrogen (secondary N) is 1. The van der Waals surface area contributed by atoms with Gasteiger partial charge in [0, 0.05) is 18.3 Å². The Kier molecular flexibility index (Phi) is 15.3. The Morgan fingerprint density at radius 2 is 1.49 bits per heavy atom. The van der Waals surface area contributed by atoms with Crippen molar-refractivity contribution in [1.82, 2.24) is 19.2 Å². The van der Waals surface area contributed by atoms with Crippen LogP contribution < -0.4 is 15.0 Å². The quantitative estimate of drug-likeness (QED) is 0.0366. The summed E-state index contributed by atoms with van der Waals surface area (Å²) in [5, 5.41) is 9.10. The van der Waals surface area contributed by atoms with E-state index in [0.717, 1.165) is 16.7 Å². The van der Waals surface area contributed by atoms with Crippen molar-refractivity contribution in [3.05, 3.63) is 124 Å². The fraction of sp³-hybridized carbons (Fsp3) is 0.468. The van der Waals surface area contributed by atoms with Gasteiger partial charge in [-0.05, 0) is 86.8 Å². The average Bonchev–Trinajstić information content (AvgIpc) is 3.77. The van der Waals surface area contributed by atoms with Gasteiger partial charge in [0.2, 0.25) is 0 Å². The Balaban J connectivity index is 1.57. The summed E-state index contributed by atoms with van der Waals surface area (Å²) in [5.41, 5.74) is 0.731. The maximum Gasteiger partial charge on any atom is 0.263 e. The lowest BCUT2D eigenvalue weighted by Gasteiger charge is -2.42. The molecule has 1 aliphatic rings. The first kappa shape index (κ1) is 48.0. The van der Waals surface area contributed by atoms with Crippen molar-refractivity contribution in [1.29, 1.82) is 5.26 Å². The van der Waals surface area contributed by atoms with E-state index in [-0.39, 0.29) is 47.8 Å². The molecule has 1 aliphatic heterocycles. The molecule has 2 aromatic heterocycles.